The van der Waals surface area contributed by atoms with Gasteiger partial charge in [0.05, 0.1) is 0 Å². The predicted octanol–water partition coefficient (Wildman–Crippen LogP) is 0.458. The Labute approximate surface area is 79.1 Å². The summed E-state index contributed by atoms with van der Waals surface area (Å²) in [6.45, 7) is 0.740. The van der Waals surface area contributed by atoms with Crippen LogP contribution in [0.5, 0.6) is 0 Å². The highest BCUT2D eigenvalue weighted by atomic mass is 16.1. The summed E-state index contributed by atoms with van der Waals surface area (Å²) >= 11 is 0. The van der Waals surface area contributed by atoms with Gasteiger partial charge in [-0.25, -0.2) is 0 Å². The van der Waals surface area contributed by atoms with E-state index in [1.807, 2.05) is 0 Å². The average Bonchev–Trinajstić information content (AvgIpc) is 2.18. The molecule has 0 aromatic carbocycles. The van der Waals surface area contributed by atoms with Crippen LogP contribution in [0, 0.1) is 24.3 Å². The molecule has 3 heteroatoms. The average molecular weight is 180 g/mol. The molecule has 72 valence electrons. The van der Waals surface area contributed by atoms with Crippen molar-refractivity contribution in [2.45, 2.75) is 25.7 Å². The molecule has 3 N–H and O–H groups in total. The maximum atomic E-state index is 11.3. The zero-order valence-corrected chi connectivity index (χ0v) is 7.75. The van der Waals surface area contributed by atoms with Crippen molar-refractivity contribution in [2.75, 3.05) is 6.54 Å². The number of nitrogens with one attached hydrogen (secondary N) is 1. The SMILES string of the molecule is C#CNC(=O)C1CCC(CN)CC1. The van der Waals surface area contributed by atoms with Crippen LogP contribution in [0.4, 0.5) is 0 Å². The maximum absolute atomic E-state index is 11.3. The molecule has 0 heterocycles. The summed E-state index contributed by atoms with van der Waals surface area (Å²) in [7, 11) is 0. The monoisotopic (exact) mass is 180 g/mol. The Bertz CT molecular complexity index is 211. The number of terminal acetylenes is 1. The molecule has 0 spiro atoms. The van der Waals surface area contributed by atoms with Gasteiger partial charge < -0.3 is 5.73 Å². The fourth-order valence-electron chi connectivity index (χ4n) is 1.83. The van der Waals surface area contributed by atoms with E-state index in [-0.39, 0.29) is 11.8 Å². The van der Waals surface area contributed by atoms with E-state index in [2.05, 4.69) is 11.4 Å². The minimum absolute atomic E-state index is 0.00188. The second-order valence-electron chi connectivity index (χ2n) is 3.59. The molecule has 0 aliphatic heterocycles. The summed E-state index contributed by atoms with van der Waals surface area (Å²) in [5.74, 6) is 0.715. The summed E-state index contributed by atoms with van der Waals surface area (Å²) in [4.78, 5) is 11.3. The molecule has 3 nitrogen and oxygen atoms in total. The molecule has 0 radical (unpaired) electrons. The molecule has 0 aromatic heterocycles. The Morgan fingerprint density at radius 3 is 2.54 bits per heavy atom. The summed E-state index contributed by atoms with van der Waals surface area (Å²) in [6, 6.07) is 2.17. The first-order valence-electron chi connectivity index (χ1n) is 4.73. The normalized spacial score (nSPS) is 27.7. The quantitative estimate of drug-likeness (QED) is 0.479. The number of rotatable bonds is 2. The fraction of sp³-hybridized carbons (Fsp3) is 0.700. The van der Waals surface area contributed by atoms with E-state index < -0.39 is 0 Å². The number of carbonyl (C=O) groups is 1. The Morgan fingerprint density at radius 1 is 1.46 bits per heavy atom. The van der Waals surface area contributed by atoms with Crippen LogP contribution in [-0.2, 0) is 4.79 Å². The standard InChI is InChI=1S/C10H16N2O/c1-2-12-10(13)9-5-3-8(7-11)4-6-9/h1,8-9H,3-7,11H2,(H,12,13). The first-order valence-corrected chi connectivity index (χ1v) is 4.73. The van der Waals surface area contributed by atoms with Crippen molar-refractivity contribution in [2.24, 2.45) is 17.6 Å². The minimum atomic E-state index is -0.00188. The van der Waals surface area contributed by atoms with Gasteiger partial charge in [-0.1, -0.05) is 6.42 Å². The summed E-state index contributed by atoms with van der Waals surface area (Å²) < 4.78 is 0. The highest BCUT2D eigenvalue weighted by molar-refractivity contribution is 5.80. The van der Waals surface area contributed by atoms with Gasteiger partial charge in [0.1, 0.15) is 0 Å². The first-order chi connectivity index (χ1) is 6.27. The largest absolute Gasteiger partial charge is 0.330 e. The summed E-state index contributed by atoms with van der Waals surface area (Å²) in [5, 5.41) is 2.41. The molecule has 1 fully saturated rings. The molecule has 0 bridgehead atoms. The van der Waals surface area contributed by atoms with Crippen molar-refractivity contribution in [1.29, 1.82) is 0 Å². The van der Waals surface area contributed by atoms with Gasteiger partial charge in [0.2, 0.25) is 5.91 Å². The zero-order chi connectivity index (χ0) is 9.68. The molecule has 1 amide bonds. The van der Waals surface area contributed by atoms with Crippen molar-refractivity contribution in [1.82, 2.24) is 5.32 Å². The highest BCUT2D eigenvalue weighted by Gasteiger charge is 2.24. The first kappa shape index (κ1) is 10.1. The van der Waals surface area contributed by atoms with Gasteiger partial charge in [0, 0.05) is 12.0 Å². The van der Waals surface area contributed by atoms with Crippen molar-refractivity contribution in [3.63, 3.8) is 0 Å². The number of nitrogens with two attached hydrogens (primary N) is 1. The Morgan fingerprint density at radius 2 is 2.08 bits per heavy atom. The molecule has 0 unspecified atom stereocenters. The van der Waals surface area contributed by atoms with E-state index >= 15 is 0 Å². The zero-order valence-electron chi connectivity index (χ0n) is 7.75. The van der Waals surface area contributed by atoms with Gasteiger partial charge in [0.15, 0.2) is 0 Å². The summed E-state index contributed by atoms with van der Waals surface area (Å²) in [6.07, 6.45) is 8.95. The lowest BCUT2D eigenvalue weighted by atomic mass is 9.82. The summed E-state index contributed by atoms with van der Waals surface area (Å²) in [5.41, 5.74) is 5.55. The molecule has 0 aromatic rings. The maximum Gasteiger partial charge on any atom is 0.234 e. The predicted molar refractivity (Wildman–Crippen MR) is 51.5 cm³/mol. The van der Waals surface area contributed by atoms with Crippen molar-refractivity contribution in [3.8, 4) is 12.5 Å². The topological polar surface area (TPSA) is 55.1 Å². The molecule has 1 aliphatic carbocycles. The van der Waals surface area contributed by atoms with E-state index in [9.17, 15) is 4.79 Å². The highest BCUT2D eigenvalue weighted by Crippen LogP contribution is 2.27. The van der Waals surface area contributed by atoms with Crippen LogP contribution < -0.4 is 11.1 Å². The molecule has 0 atom stereocenters. The number of carbonyl (C=O) groups excluding carboxylic acids is 1. The second-order valence-corrected chi connectivity index (χ2v) is 3.59. The molecular formula is C10H16N2O. The number of hydrogen-bond acceptors (Lipinski definition) is 2. The minimum Gasteiger partial charge on any atom is -0.330 e. The molecule has 1 saturated carbocycles. The van der Waals surface area contributed by atoms with Crippen molar-refractivity contribution in [3.05, 3.63) is 0 Å². The Hall–Kier alpha value is -1.01. The van der Waals surface area contributed by atoms with E-state index in [0.717, 1.165) is 32.2 Å². The third-order valence-corrected chi connectivity index (χ3v) is 2.75. The van der Waals surface area contributed by atoms with E-state index in [4.69, 9.17) is 12.2 Å². The van der Waals surface area contributed by atoms with E-state index in [1.165, 1.54) is 0 Å². The third-order valence-electron chi connectivity index (χ3n) is 2.75. The Kier molecular flexibility index (Phi) is 3.78. The van der Waals surface area contributed by atoms with Gasteiger partial charge in [-0.2, -0.15) is 0 Å². The van der Waals surface area contributed by atoms with Crippen molar-refractivity contribution >= 4 is 5.91 Å². The number of amides is 1. The van der Waals surface area contributed by atoms with Crippen LogP contribution in [0.2, 0.25) is 0 Å². The van der Waals surface area contributed by atoms with Crippen LogP contribution >= 0.6 is 0 Å². The van der Waals surface area contributed by atoms with E-state index in [0.29, 0.717) is 5.92 Å². The smallest absolute Gasteiger partial charge is 0.234 e. The van der Waals surface area contributed by atoms with Crippen LogP contribution in [0.25, 0.3) is 0 Å². The lowest BCUT2D eigenvalue weighted by Gasteiger charge is -2.25. The van der Waals surface area contributed by atoms with Crippen LogP contribution in [-0.4, -0.2) is 12.5 Å². The molecule has 13 heavy (non-hydrogen) atoms. The second kappa shape index (κ2) is 4.88. The van der Waals surface area contributed by atoms with Crippen molar-refractivity contribution < 1.29 is 4.79 Å². The molecular weight excluding hydrogens is 164 g/mol. The van der Waals surface area contributed by atoms with Gasteiger partial charge in [-0.15, -0.1) is 0 Å². The molecule has 0 saturated heterocycles. The van der Waals surface area contributed by atoms with Crippen LogP contribution in [0.1, 0.15) is 25.7 Å². The van der Waals surface area contributed by atoms with Gasteiger partial charge >= 0.3 is 0 Å². The molecule has 1 aliphatic rings. The lowest BCUT2D eigenvalue weighted by molar-refractivity contribution is -0.124. The van der Waals surface area contributed by atoms with E-state index in [1.54, 1.807) is 0 Å². The fourth-order valence-corrected chi connectivity index (χ4v) is 1.83. The van der Waals surface area contributed by atoms with Gasteiger partial charge in [-0.05, 0) is 38.1 Å². The third kappa shape index (κ3) is 2.74. The Balaban J connectivity index is 2.33. The lowest BCUT2D eigenvalue weighted by Crippen LogP contribution is -2.31. The van der Waals surface area contributed by atoms with Gasteiger partial charge in [0.25, 0.3) is 0 Å². The van der Waals surface area contributed by atoms with Crippen LogP contribution in [0.15, 0.2) is 0 Å². The molecule has 1 rings (SSSR count). The number of hydrogen-bond donors (Lipinski definition) is 2. The van der Waals surface area contributed by atoms with Gasteiger partial charge in [-0.3, -0.25) is 10.1 Å². The van der Waals surface area contributed by atoms with Crippen LogP contribution in [0.3, 0.4) is 0 Å².